The first-order valence-electron chi connectivity index (χ1n) is 9.63. The van der Waals surface area contributed by atoms with Crippen LogP contribution in [0.3, 0.4) is 0 Å². The number of halogens is 4. The van der Waals surface area contributed by atoms with E-state index in [4.69, 9.17) is 11.6 Å². The van der Waals surface area contributed by atoms with Crippen molar-refractivity contribution in [1.82, 2.24) is 9.97 Å². The summed E-state index contributed by atoms with van der Waals surface area (Å²) >= 11 is 7.45. The fraction of sp³-hybridized carbons (Fsp3) is 0.286. The number of carbonyl (C=O) groups is 1. The van der Waals surface area contributed by atoms with Gasteiger partial charge in [-0.05, 0) is 18.9 Å². The maximum absolute atomic E-state index is 12.8. The molecule has 0 spiro atoms. The molecule has 1 aliphatic heterocycles. The number of hydrogen-bond donors (Lipinski definition) is 1. The molecule has 162 valence electrons. The summed E-state index contributed by atoms with van der Waals surface area (Å²) in [5, 5.41) is 3.19. The molecule has 2 aromatic heterocycles. The molecule has 5 nitrogen and oxygen atoms in total. The number of nitrogens with one attached hydrogen (secondary N) is 1. The van der Waals surface area contributed by atoms with Gasteiger partial charge in [-0.3, -0.25) is 4.79 Å². The summed E-state index contributed by atoms with van der Waals surface area (Å²) in [5.74, 6) is -0.126. The summed E-state index contributed by atoms with van der Waals surface area (Å²) in [6.45, 7) is 2.50. The summed E-state index contributed by atoms with van der Waals surface area (Å²) in [4.78, 5) is 23.9. The third-order valence-corrected chi connectivity index (χ3v) is 6.43. The molecule has 3 aromatic rings. The smallest absolute Gasteiger partial charge is 0.343 e. The Bertz CT molecular complexity index is 1100. The predicted molar refractivity (Wildman–Crippen MR) is 116 cm³/mol. The number of thiazole rings is 1. The third-order valence-electron chi connectivity index (χ3n) is 5.04. The highest BCUT2D eigenvalue weighted by molar-refractivity contribution is 7.16. The number of nitrogens with zero attached hydrogens (tertiary/aromatic N) is 3. The van der Waals surface area contributed by atoms with Crippen molar-refractivity contribution in [2.45, 2.75) is 32.0 Å². The number of pyridine rings is 1. The van der Waals surface area contributed by atoms with Crippen molar-refractivity contribution in [3.8, 4) is 11.3 Å². The van der Waals surface area contributed by atoms with E-state index in [9.17, 15) is 18.0 Å². The lowest BCUT2D eigenvalue weighted by Gasteiger charge is -2.40. The lowest BCUT2D eigenvalue weighted by atomic mass is 10.0. The number of benzene rings is 1. The molecule has 1 atom stereocenters. The van der Waals surface area contributed by atoms with Crippen molar-refractivity contribution in [1.29, 1.82) is 0 Å². The van der Waals surface area contributed by atoms with E-state index in [-0.39, 0.29) is 16.7 Å². The largest absolute Gasteiger partial charge is 0.417 e. The minimum absolute atomic E-state index is 0.138. The Morgan fingerprint density at radius 1 is 1.32 bits per heavy atom. The van der Waals surface area contributed by atoms with Crippen molar-refractivity contribution in [2.24, 2.45) is 0 Å². The second-order valence-electron chi connectivity index (χ2n) is 7.02. The first-order valence-corrected chi connectivity index (χ1v) is 10.8. The molecular weight excluding hydrogens is 449 g/mol. The van der Waals surface area contributed by atoms with Gasteiger partial charge in [0.15, 0.2) is 5.13 Å². The number of amides is 1. The quantitative estimate of drug-likeness (QED) is 0.527. The first kappa shape index (κ1) is 21.6. The number of aromatic nitrogens is 2. The van der Waals surface area contributed by atoms with E-state index >= 15 is 0 Å². The first-order chi connectivity index (χ1) is 14.8. The zero-order valence-electron chi connectivity index (χ0n) is 16.4. The summed E-state index contributed by atoms with van der Waals surface area (Å²) in [6, 6.07) is 9.97. The Kier molecular flexibility index (Phi) is 5.90. The average Bonchev–Trinajstić information content (AvgIpc) is 3.11. The van der Waals surface area contributed by atoms with Crippen LogP contribution in [0.5, 0.6) is 0 Å². The van der Waals surface area contributed by atoms with Crippen LogP contribution in [0.15, 0.2) is 42.6 Å². The molecule has 1 saturated heterocycles. The number of alkyl halides is 3. The summed E-state index contributed by atoms with van der Waals surface area (Å²) in [6.07, 6.45) is -2.48. The number of carbonyl (C=O) groups excluding carboxylic acids is 1. The van der Waals surface area contributed by atoms with Crippen molar-refractivity contribution < 1.29 is 18.0 Å². The van der Waals surface area contributed by atoms with Gasteiger partial charge in [0, 0.05) is 23.2 Å². The van der Waals surface area contributed by atoms with Crippen LogP contribution < -0.4 is 10.2 Å². The molecule has 0 saturated carbocycles. The van der Waals surface area contributed by atoms with Gasteiger partial charge in [-0.25, -0.2) is 9.97 Å². The van der Waals surface area contributed by atoms with Crippen molar-refractivity contribution in [2.75, 3.05) is 16.8 Å². The molecule has 10 heteroatoms. The molecule has 0 bridgehead atoms. The van der Waals surface area contributed by atoms with Crippen LogP contribution in [-0.2, 0) is 17.4 Å². The third kappa shape index (κ3) is 4.38. The van der Waals surface area contributed by atoms with E-state index in [0.29, 0.717) is 18.1 Å². The Morgan fingerprint density at radius 3 is 2.65 bits per heavy atom. The van der Waals surface area contributed by atoms with Crippen LogP contribution in [0, 0.1) is 0 Å². The van der Waals surface area contributed by atoms with E-state index in [1.807, 2.05) is 37.3 Å². The second kappa shape index (κ2) is 8.47. The van der Waals surface area contributed by atoms with Gasteiger partial charge in [-0.2, -0.15) is 13.2 Å². The van der Waals surface area contributed by atoms with Gasteiger partial charge in [0.1, 0.15) is 11.9 Å². The monoisotopic (exact) mass is 466 g/mol. The lowest BCUT2D eigenvalue weighted by molar-refractivity contribution is -0.137. The number of hydrogen-bond acceptors (Lipinski definition) is 5. The predicted octanol–water partition coefficient (Wildman–Crippen LogP) is 5.66. The van der Waals surface area contributed by atoms with E-state index in [2.05, 4.69) is 15.3 Å². The fourth-order valence-corrected chi connectivity index (χ4v) is 4.57. The van der Waals surface area contributed by atoms with Gasteiger partial charge >= 0.3 is 6.18 Å². The van der Waals surface area contributed by atoms with E-state index < -0.39 is 17.8 Å². The minimum Gasteiger partial charge on any atom is -0.343 e. The van der Waals surface area contributed by atoms with Crippen molar-refractivity contribution in [3.05, 3.63) is 58.1 Å². The Balaban J connectivity index is 1.51. The molecular formula is C21H18ClF3N4OS. The summed E-state index contributed by atoms with van der Waals surface area (Å²) in [7, 11) is 0. The van der Waals surface area contributed by atoms with Gasteiger partial charge in [0.05, 0.1) is 16.3 Å². The van der Waals surface area contributed by atoms with Crippen LogP contribution in [-0.4, -0.2) is 28.5 Å². The molecule has 1 aliphatic rings. The molecule has 0 aliphatic carbocycles. The van der Waals surface area contributed by atoms with Gasteiger partial charge in [0.2, 0.25) is 5.91 Å². The zero-order chi connectivity index (χ0) is 22.2. The normalized spacial score (nSPS) is 16.2. The van der Waals surface area contributed by atoms with E-state index in [0.717, 1.165) is 34.8 Å². The maximum atomic E-state index is 12.8. The molecule has 31 heavy (non-hydrogen) atoms. The van der Waals surface area contributed by atoms with E-state index in [1.54, 1.807) is 4.90 Å². The van der Waals surface area contributed by atoms with Crippen LogP contribution in [0.4, 0.5) is 24.1 Å². The SMILES string of the molecule is CCc1sc(NC(=O)[C@@H]2CCN2c2ncc(C(F)(F)F)cc2Cl)nc1-c1ccccc1. The molecule has 0 radical (unpaired) electrons. The summed E-state index contributed by atoms with van der Waals surface area (Å²) < 4.78 is 38.5. The van der Waals surface area contributed by atoms with Gasteiger partial charge in [0.25, 0.3) is 0 Å². The lowest BCUT2D eigenvalue weighted by Crippen LogP contribution is -2.55. The highest BCUT2D eigenvalue weighted by Crippen LogP contribution is 2.37. The van der Waals surface area contributed by atoms with Crippen molar-refractivity contribution >= 4 is 39.8 Å². The molecule has 4 rings (SSSR count). The zero-order valence-corrected chi connectivity index (χ0v) is 18.0. The highest BCUT2D eigenvalue weighted by atomic mass is 35.5. The molecule has 1 fully saturated rings. The minimum atomic E-state index is -4.53. The van der Waals surface area contributed by atoms with Crippen LogP contribution >= 0.6 is 22.9 Å². The van der Waals surface area contributed by atoms with Crippen LogP contribution in [0.1, 0.15) is 23.8 Å². The van der Waals surface area contributed by atoms with Gasteiger partial charge in [-0.15, -0.1) is 11.3 Å². The molecule has 1 N–H and O–H groups in total. The number of anilines is 2. The van der Waals surface area contributed by atoms with Gasteiger partial charge < -0.3 is 10.2 Å². The number of aryl methyl sites for hydroxylation is 1. The van der Waals surface area contributed by atoms with Crippen molar-refractivity contribution in [3.63, 3.8) is 0 Å². The Morgan fingerprint density at radius 2 is 2.06 bits per heavy atom. The Hall–Kier alpha value is -2.65. The molecule has 0 unspecified atom stereocenters. The topological polar surface area (TPSA) is 58.1 Å². The highest BCUT2D eigenvalue weighted by Gasteiger charge is 2.38. The van der Waals surface area contributed by atoms with Crippen LogP contribution in [0.25, 0.3) is 11.3 Å². The molecule has 1 aromatic carbocycles. The second-order valence-corrected chi connectivity index (χ2v) is 8.52. The Labute approximate surface area is 185 Å². The molecule has 3 heterocycles. The van der Waals surface area contributed by atoms with Gasteiger partial charge in [-0.1, -0.05) is 48.9 Å². The molecule has 1 amide bonds. The number of rotatable bonds is 5. The maximum Gasteiger partial charge on any atom is 0.417 e. The summed E-state index contributed by atoms with van der Waals surface area (Å²) in [5.41, 5.74) is 0.884. The van der Waals surface area contributed by atoms with E-state index in [1.165, 1.54) is 11.3 Å². The fourth-order valence-electron chi connectivity index (χ4n) is 3.37. The standard InChI is InChI=1S/C21H18ClF3N4OS/c1-2-16-17(12-6-4-3-5-7-12)27-20(31-16)28-19(30)15-8-9-29(15)18-14(22)10-13(11-26-18)21(23,24)25/h3-7,10-11,15H,2,8-9H2,1H3,(H,27,28,30)/t15-/m0/s1. The average molecular weight is 467 g/mol. The van der Waals surface area contributed by atoms with Crippen LogP contribution in [0.2, 0.25) is 5.02 Å².